The van der Waals surface area contributed by atoms with E-state index in [-0.39, 0.29) is 17.7 Å². The van der Waals surface area contributed by atoms with Gasteiger partial charge in [0.05, 0.1) is 4.90 Å². The second-order valence-corrected chi connectivity index (χ2v) is 8.40. The molecular weight excluding hydrogens is 364 g/mol. The summed E-state index contributed by atoms with van der Waals surface area (Å²) >= 11 is 0. The van der Waals surface area contributed by atoms with Crippen LogP contribution in [-0.4, -0.2) is 37.1 Å². The molecule has 142 valence electrons. The third kappa shape index (κ3) is 4.19. The zero-order valence-electron chi connectivity index (χ0n) is 15.1. The maximum atomic E-state index is 12.9. The Morgan fingerprint density at radius 1 is 1.11 bits per heavy atom. The van der Waals surface area contributed by atoms with E-state index in [9.17, 15) is 18.0 Å². The quantitative estimate of drug-likeness (QED) is 0.823. The van der Waals surface area contributed by atoms with E-state index in [1.165, 1.54) is 12.1 Å². The van der Waals surface area contributed by atoms with Gasteiger partial charge in [0.1, 0.15) is 6.04 Å². The molecule has 0 aliphatic carbocycles. The Hall–Kier alpha value is -2.67. The number of carbonyl (C=O) groups is 2. The van der Waals surface area contributed by atoms with Crippen molar-refractivity contribution in [2.75, 3.05) is 6.54 Å². The molecule has 1 heterocycles. The summed E-state index contributed by atoms with van der Waals surface area (Å²) in [7, 11) is -4.05. The molecule has 1 saturated heterocycles. The molecule has 1 aliphatic rings. The molecule has 0 bridgehead atoms. The van der Waals surface area contributed by atoms with E-state index in [0.717, 1.165) is 15.4 Å². The van der Waals surface area contributed by atoms with Gasteiger partial charge < -0.3 is 5.32 Å². The van der Waals surface area contributed by atoms with Crippen LogP contribution in [0.4, 0.5) is 0 Å². The molecule has 1 aliphatic heterocycles. The smallest absolute Gasteiger partial charge is 0.267 e. The second kappa shape index (κ2) is 7.92. The fourth-order valence-corrected chi connectivity index (χ4v) is 4.72. The third-order valence-corrected chi connectivity index (χ3v) is 6.44. The minimum atomic E-state index is -4.05. The van der Waals surface area contributed by atoms with Crippen molar-refractivity contribution in [1.82, 2.24) is 9.62 Å². The van der Waals surface area contributed by atoms with Gasteiger partial charge in [-0.1, -0.05) is 48.0 Å². The zero-order chi connectivity index (χ0) is 19.4. The number of carbonyl (C=O) groups excluding carboxylic acids is 2. The Labute approximate surface area is 159 Å². The molecule has 6 nitrogen and oxygen atoms in total. The van der Waals surface area contributed by atoms with E-state index in [0.29, 0.717) is 13.0 Å². The SMILES string of the molecule is Cc1ccc(S(=O)(=O)N2C(=O)CC[C@@H]2C(=O)NCCc2ccccc2)cc1. The Kier molecular flexibility index (Phi) is 5.60. The summed E-state index contributed by atoms with van der Waals surface area (Å²) in [5.74, 6) is -0.980. The largest absolute Gasteiger partial charge is 0.354 e. The molecule has 2 amide bonds. The number of benzene rings is 2. The van der Waals surface area contributed by atoms with Crippen LogP contribution in [-0.2, 0) is 26.0 Å². The van der Waals surface area contributed by atoms with Gasteiger partial charge in [0.25, 0.3) is 10.0 Å². The van der Waals surface area contributed by atoms with Gasteiger partial charge in [0.2, 0.25) is 11.8 Å². The van der Waals surface area contributed by atoms with Gasteiger partial charge in [0, 0.05) is 13.0 Å². The molecule has 0 radical (unpaired) electrons. The third-order valence-electron chi connectivity index (χ3n) is 4.60. The van der Waals surface area contributed by atoms with Gasteiger partial charge >= 0.3 is 0 Å². The predicted octanol–water partition coefficient (Wildman–Crippen LogP) is 2.03. The first kappa shape index (κ1) is 19.1. The fourth-order valence-electron chi connectivity index (χ4n) is 3.12. The number of nitrogens with one attached hydrogen (secondary N) is 1. The fraction of sp³-hybridized carbons (Fsp3) is 0.300. The summed E-state index contributed by atoms with van der Waals surface area (Å²) < 4.78 is 26.5. The van der Waals surface area contributed by atoms with Crippen molar-refractivity contribution in [1.29, 1.82) is 0 Å². The molecule has 1 fully saturated rings. The highest BCUT2D eigenvalue weighted by Crippen LogP contribution is 2.27. The van der Waals surface area contributed by atoms with Crippen molar-refractivity contribution in [2.45, 2.75) is 37.1 Å². The summed E-state index contributed by atoms with van der Waals surface area (Å²) in [5, 5.41) is 2.76. The first-order valence-electron chi connectivity index (χ1n) is 8.85. The molecule has 2 aromatic rings. The average molecular weight is 386 g/mol. The average Bonchev–Trinajstić information content (AvgIpc) is 3.05. The number of sulfonamides is 1. The van der Waals surface area contributed by atoms with E-state index in [4.69, 9.17) is 0 Å². The molecule has 0 unspecified atom stereocenters. The molecule has 1 atom stereocenters. The van der Waals surface area contributed by atoms with Gasteiger partial charge in [-0.2, -0.15) is 0 Å². The molecule has 1 N–H and O–H groups in total. The number of amides is 2. The van der Waals surface area contributed by atoms with Gasteiger partial charge in [-0.25, -0.2) is 12.7 Å². The summed E-state index contributed by atoms with van der Waals surface area (Å²) in [5.41, 5.74) is 1.99. The summed E-state index contributed by atoms with van der Waals surface area (Å²) in [6.45, 7) is 2.23. The molecule has 2 aromatic carbocycles. The summed E-state index contributed by atoms with van der Waals surface area (Å²) in [6, 6.07) is 14.9. The van der Waals surface area contributed by atoms with Crippen LogP contribution in [0.15, 0.2) is 59.5 Å². The number of hydrogen-bond acceptors (Lipinski definition) is 4. The number of hydrogen-bond donors (Lipinski definition) is 1. The van der Waals surface area contributed by atoms with Crippen LogP contribution in [0.3, 0.4) is 0 Å². The highest BCUT2D eigenvalue weighted by molar-refractivity contribution is 7.89. The van der Waals surface area contributed by atoms with Crippen molar-refractivity contribution >= 4 is 21.8 Å². The standard InChI is InChI=1S/C20H22N2O4S/c1-15-7-9-17(10-8-15)27(25,26)22-18(11-12-19(22)23)20(24)21-14-13-16-5-3-2-4-6-16/h2-10,18H,11-14H2,1H3,(H,21,24)/t18-/m1/s1. The molecule has 7 heteroatoms. The number of nitrogens with zero attached hydrogens (tertiary/aromatic N) is 1. The van der Waals surface area contributed by atoms with E-state index >= 15 is 0 Å². The number of rotatable bonds is 6. The van der Waals surface area contributed by atoms with E-state index < -0.39 is 27.9 Å². The first-order valence-corrected chi connectivity index (χ1v) is 10.3. The Bertz CT molecular complexity index is 924. The van der Waals surface area contributed by atoms with Gasteiger partial charge in [-0.05, 0) is 37.5 Å². The summed E-state index contributed by atoms with van der Waals surface area (Å²) in [4.78, 5) is 24.8. The molecule has 0 saturated carbocycles. The lowest BCUT2D eigenvalue weighted by molar-refractivity contribution is -0.130. The van der Waals surface area contributed by atoms with Crippen LogP contribution in [0.1, 0.15) is 24.0 Å². The van der Waals surface area contributed by atoms with Crippen molar-refractivity contribution in [3.05, 3.63) is 65.7 Å². The van der Waals surface area contributed by atoms with E-state index in [1.54, 1.807) is 12.1 Å². The molecule has 3 rings (SSSR count). The maximum Gasteiger partial charge on any atom is 0.267 e. The zero-order valence-corrected chi connectivity index (χ0v) is 15.9. The van der Waals surface area contributed by atoms with Crippen molar-refractivity contribution in [3.63, 3.8) is 0 Å². The first-order chi connectivity index (χ1) is 12.9. The Morgan fingerprint density at radius 2 is 1.78 bits per heavy atom. The van der Waals surface area contributed by atoms with Crippen LogP contribution >= 0.6 is 0 Å². The highest BCUT2D eigenvalue weighted by Gasteiger charge is 2.44. The van der Waals surface area contributed by atoms with Crippen LogP contribution < -0.4 is 5.32 Å². The Balaban J connectivity index is 1.71. The molecule has 27 heavy (non-hydrogen) atoms. The van der Waals surface area contributed by atoms with E-state index in [2.05, 4.69) is 5.32 Å². The van der Waals surface area contributed by atoms with Crippen LogP contribution in [0, 0.1) is 6.92 Å². The predicted molar refractivity (Wildman–Crippen MR) is 101 cm³/mol. The topological polar surface area (TPSA) is 83.6 Å². The maximum absolute atomic E-state index is 12.9. The number of aryl methyl sites for hydroxylation is 1. The monoisotopic (exact) mass is 386 g/mol. The van der Waals surface area contributed by atoms with Gasteiger partial charge in [0.15, 0.2) is 0 Å². The second-order valence-electron chi connectivity index (χ2n) is 6.59. The lowest BCUT2D eigenvalue weighted by Crippen LogP contribution is -2.47. The summed E-state index contributed by atoms with van der Waals surface area (Å²) in [6.07, 6.45) is 0.876. The van der Waals surface area contributed by atoms with Crippen LogP contribution in [0.5, 0.6) is 0 Å². The lowest BCUT2D eigenvalue weighted by Gasteiger charge is -2.23. The highest BCUT2D eigenvalue weighted by atomic mass is 32.2. The van der Waals surface area contributed by atoms with Crippen molar-refractivity contribution in [3.8, 4) is 0 Å². The minimum Gasteiger partial charge on any atom is -0.354 e. The molecular formula is C20H22N2O4S. The van der Waals surface area contributed by atoms with Crippen LogP contribution in [0.2, 0.25) is 0 Å². The van der Waals surface area contributed by atoms with Gasteiger partial charge in [-0.3, -0.25) is 9.59 Å². The Morgan fingerprint density at radius 3 is 2.44 bits per heavy atom. The van der Waals surface area contributed by atoms with Gasteiger partial charge in [-0.15, -0.1) is 0 Å². The molecule has 0 aromatic heterocycles. The van der Waals surface area contributed by atoms with E-state index in [1.807, 2.05) is 37.3 Å². The molecule has 0 spiro atoms. The normalized spacial score (nSPS) is 17.1. The lowest BCUT2D eigenvalue weighted by atomic mass is 10.1. The minimum absolute atomic E-state index is 0.0189. The van der Waals surface area contributed by atoms with Crippen molar-refractivity contribution in [2.24, 2.45) is 0 Å². The van der Waals surface area contributed by atoms with Crippen LogP contribution in [0.25, 0.3) is 0 Å². The van der Waals surface area contributed by atoms with Crippen molar-refractivity contribution < 1.29 is 18.0 Å².